The van der Waals surface area contributed by atoms with Crippen molar-refractivity contribution in [2.45, 2.75) is 26.0 Å². The summed E-state index contributed by atoms with van der Waals surface area (Å²) in [6.07, 6.45) is 4.47. The molecule has 0 unspecified atom stereocenters. The van der Waals surface area contributed by atoms with Crippen molar-refractivity contribution >= 4 is 5.91 Å². The molecule has 2 rings (SSSR count). The third kappa shape index (κ3) is 5.65. The fourth-order valence-corrected chi connectivity index (χ4v) is 2.13. The van der Waals surface area contributed by atoms with Crippen LogP contribution in [0.3, 0.4) is 0 Å². The lowest BCUT2D eigenvalue weighted by atomic mass is 10.1. The Morgan fingerprint density at radius 1 is 1.22 bits per heavy atom. The molecule has 0 aliphatic rings. The fraction of sp³-hybridized carbons (Fsp3) is 0.294. The van der Waals surface area contributed by atoms with Crippen LogP contribution >= 0.6 is 0 Å². The predicted octanol–water partition coefficient (Wildman–Crippen LogP) is 3.27. The summed E-state index contributed by atoms with van der Waals surface area (Å²) in [6.45, 7) is -2.42. The van der Waals surface area contributed by atoms with Crippen LogP contribution in [0.5, 0.6) is 5.75 Å². The number of halogens is 2. The quantitative estimate of drug-likeness (QED) is 0.786. The highest BCUT2D eigenvalue weighted by Crippen LogP contribution is 2.16. The molecule has 2 aromatic rings. The van der Waals surface area contributed by atoms with Crippen molar-refractivity contribution in [3.05, 3.63) is 59.9 Å². The van der Waals surface area contributed by atoms with E-state index in [1.807, 2.05) is 12.1 Å². The van der Waals surface area contributed by atoms with Crippen molar-refractivity contribution in [3.8, 4) is 5.75 Å². The number of nitrogens with zero attached hydrogens (tertiary/aromatic N) is 2. The number of rotatable bonds is 7. The molecule has 0 aliphatic carbocycles. The molecular weight excluding hydrogens is 302 g/mol. The van der Waals surface area contributed by atoms with Gasteiger partial charge >= 0.3 is 6.61 Å². The molecule has 0 N–H and O–H groups in total. The summed E-state index contributed by atoms with van der Waals surface area (Å²) in [5.41, 5.74) is 1.87. The van der Waals surface area contributed by atoms with Crippen LogP contribution in [0.1, 0.15) is 17.5 Å². The number of alkyl halides is 2. The summed E-state index contributed by atoms with van der Waals surface area (Å²) in [6, 6.07) is 10.0. The van der Waals surface area contributed by atoms with Crippen molar-refractivity contribution in [2.24, 2.45) is 0 Å². The Morgan fingerprint density at radius 2 is 1.96 bits per heavy atom. The number of ether oxygens (including phenoxy) is 1. The lowest BCUT2D eigenvalue weighted by Gasteiger charge is -2.17. The van der Waals surface area contributed by atoms with Crippen molar-refractivity contribution in [2.75, 3.05) is 7.05 Å². The summed E-state index contributed by atoms with van der Waals surface area (Å²) in [5.74, 6) is 0.121. The molecule has 0 spiro atoms. The standard InChI is InChI=1S/C17H18F2N2O2/c1-21(16(22)9-6-13-3-2-10-20-11-13)12-14-4-7-15(8-5-14)23-17(18)19/h2-5,7-8,10-11,17H,6,9,12H2,1H3. The first-order chi connectivity index (χ1) is 11.0. The topological polar surface area (TPSA) is 42.4 Å². The van der Waals surface area contributed by atoms with E-state index in [-0.39, 0.29) is 11.7 Å². The number of hydrogen-bond donors (Lipinski definition) is 0. The van der Waals surface area contributed by atoms with Crippen LogP contribution in [0.2, 0.25) is 0 Å². The second-order valence-corrected chi connectivity index (χ2v) is 5.13. The molecule has 1 aromatic heterocycles. The molecule has 0 radical (unpaired) electrons. The summed E-state index contributed by atoms with van der Waals surface area (Å²) in [4.78, 5) is 17.7. The highest BCUT2D eigenvalue weighted by atomic mass is 19.3. The van der Waals surface area contributed by atoms with Gasteiger partial charge in [-0.15, -0.1) is 0 Å². The Morgan fingerprint density at radius 3 is 2.57 bits per heavy atom. The number of aryl methyl sites for hydroxylation is 1. The predicted molar refractivity (Wildman–Crippen MR) is 82.1 cm³/mol. The van der Waals surface area contributed by atoms with Gasteiger partial charge in [-0.3, -0.25) is 9.78 Å². The van der Waals surface area contributed by atoms with Gasteiger partial charge in [-0.2, -0.15) is 8.78 Å². The van der Waals surface area contributed by atoms with Crippen molar-refractivity contribution in [1.29, 1.82) is 0 Å². The molecule has 23 heavy (non-hydrogen) atoms. The lowest BCUT2D eigenvalue weighted by molar-refractivity contribution is -0.130. The van der Waals surface area contributed by atoms with E-state index in [9.17, 15) is 13.6 Å². The van der Waals surface area contributed by atoms with E-state index in [0.29, 0.717) is 19.4 Å². The number of benzene rings is 1. The maximum atomic E-state index is 12.1. The minimum absolute atomic E-state index is 0.0155. The molecule has 0 atom stereocenters. The van der Waals surface area contributed by atoms with E-state index in [0.717, 1.165) is 11.1 Å². The number of pyridine rings is 1. The van der Waals surface area contributed by atoms with Gasteiger partial charge in [-0.25, -0.2) is 0 Å². The molecule has 1 aromatic carbocycles. The lowest BCUT2D eigenvalue weighted by Crippen LogP contribution is -2.26. The zero-order chi connectivity index (χ0) is 16.7. The van der Waals surface area contributed by atoms with Gasteiger partial charge in [0.2, 0.25) is 5.91 Å². The first-order valence-electron chi connectivity index (χ1n) is 7.21. The summed E-state index contributed by atoms with van der Waals surface area (Å²) < 4.78 is 28.5. The van der Waals surface area contributed by atoms with Crippen LogP contribution in [0.25, 0.3) is 0 Å². The van der Waals surface area contributed by atoms with Crippen molar-refractivity contribution in [1.82, 2.24) is 9.88 Å². The summed E-state index contributed by atoms with van der Waals surface area (Å²) >= 11 is 0. The number of amides is 1. The van der Waals surface area contributed by atoms with Crippen LogP contribution in [0, 0.1) is 0 Å². The number of aromatic nitrogens is 1. The van der Waals surface area contributed by atoms with Crippen LogP contribution in [-0.2, 0) is 17.8 Å². The number of carbonyl (C=O) groups is 1. The first kappa shape index (κ1) is 16.9. The van der Waals surface area contributed by atoms with Crippen molar-refractivity contribution < 1.29 is 18.3 Å². The Bertz CT molecular complexity index is 618. The molecule has 0 aliphatic heterocycles. The number of hydrogen-bond acceptors (Lipinski definition) is 3. The average molecular weight is 320 g/mol. The van der Waals surface area contributed by atoms with E-state index in [2.05, 4.69) is 9.72 Å². The molecule has 4 nitrogen and oxygen atoms in total. The van der Waals surface area contributed by atoms with Gasteiger partial charge in [0.25, 0.3) is 0 Å². The Hall–Kier alpha value is -2.50. The van der Waals surface area contributed by atoms with Gasteiger partial charge in [-0.1, -0.05) is 18.2 Å². The van der Waals surface area contributed by atoms with E-state index < -0.39 is 6.61 Å². The maximum Gasteiger partial charge on any atom is 0.387 e. The normalized spacial score (nSPS) is 10.6. The van der Waals surface area contributed by atoms with Gasteiger partial charge in [0.05, 0.1) is 0 Å². The third-order valence-corrected chi connectivity index (χ3v) is 3.34. The largest absolute Gasteiger partial charge is 0.435 e. The van der Waals surface area contributed by atoms with Gasteiger partial charge in [0.15, 0.2) is 0 Å². The van der Waals surface area contributed by atoms with Gasteiger partial charge in [-0.05, 0) is 35.7 Å². The highest BCUT2D eigenvalue weighted by Gasteiger charge is 2.10. The first-order valence-corrected chi connectivity index (χ1v) is 7.21. The van der Waals surface area contributed by atoms with Crippen molar-refractivity contribution in [3.63, 3.8) is 0 Å². The van der Waals surface area contributed by atoms with Gasteiger partial charge in [0, 0.05) is 32.4 Å². The molecule has 6 heteroatoms. The molecule has 0 bridgehead atoms. The zero-order valence-electron chi connectivity index (χ0n) is 12.8. The molecule has 0 saturated heterocycles. The van der Waals surface area contributed by atoms with E-state index >= 15 is 0 Å². The van der Waals surface area contributed by atoms with Crippen LogP contribution in [-0.4, -0.2) is 29.5 Å². The fourth-order valence-electron chi connectivity index (χ4n) is 2.13. The molecule has 122 valence electrons. The SMILES string of the molecule is CN(Cc1ccc(OC(F)F)cc1)C(=O)CCc1cccnc1. The smallest absolute Gasteiger partial charge is 0.387 e. The average Bonchev–Trinajstić information content (AvgIpc) is 2.55. The van der Waals surface area contributed by atoms with E-state index in [4.69, 9.17) is 0 Å². The molecule has 1 heterocycles. The third-order valence-electron chi connectivity index (χ3n) is 3.34. The Balaban J connectivity index is 1.83. The van der Waals surface area contributed by atoms with Crippen LogP contribution in [0.4, 0.5) is 8.78 Å². The maximum absolute atomic E-state index is 12.1. The molecule has 0 fully saturated rings. The summed E-state index contributed by atoms with van der Waals surface area (Å²) in [7, 11) is 1.72. The monoisotopic (exact) mass is 320 g/mol. The van der Waals surface area contributed by atoms with E-state index in [1.54, 1.807) is 36.5 Å². The van der Waals surface area contributed by atoms with E-state index in [1.165, 1.54) is 12.1 Å². The highest BCUT2D eigenvalue weighted by molar-refractivity contribution is 5.76. The summed E-state index contributed by atoms with van der Waals surface area (Å²) in [5, 5.41) is 0. The van der Waals surface area contributed by atoms with Gasteiger partial charge < -0.3 is 9.64 Å². The molecular formula is C17H18F2N2O2. The van der Waals surface area contributed by atoms with Crippen LogP contribution < -0.4 is 4.74 Å². The molecule has 1 amide bonds. The Labute approximate surface area is 133 Å². The van der Waals surface area contributed by atoms with Crippen LogP contribution in [0.15, 0.2) is 48.8 Å². The Kier molecular flexibility index (Phi) is 6.02. The number of carbonyl (C=O) groups excluding carboxylic acids is 1. The molecule has 0 saturated carbocycles. The second-order valence-electron chi connectivity index (χ2n) is 5.13. The minimum Gasteiger partial charge on any atom is -0.435 e. The zero-order valence-corrected chi connectivity index (χ0v) is 12.8. The van der Waals surface area contributed by atoms with Gasteiger partial charge in [0.1, 0.15) is 5.75 Å². The second kappa shape index (κ2) is 8.22. The minimum atomic E-state index is -2.84.